The van der Waals surface area contributed by atoms with Crippen LogP contribution in [0.2, 0.25) is 0 Å². The van der Waals surface area contributed by atoms with E-state index in [0.717, 1.165) is 16.4 Å². The van der Waals surface area contributed by atoms with Gasteiger partial charge < -0.3 is 10.1 Å². The van der Waals surface area contributed by atoms with Crippen LogP contribution in [0.25, 0.3) is 22.4 Å². The minimum absolute atomic E-state index is 0.302. The van der Waals surface area contributed by atoms with Gasteiger partial charge in [-0.3, -0.25) is 0 Å². The van der Waals surface area contributed by atoms with Crippen molar-refractivity contribution in [3.8, 4) is 28.3 Å². The summed E-state index contributed by atoms with van der Waals surface area (Å²) in [6.45, 7) is 0. The summed E-state index contributed by atoms with van der Waals surface area (Å²) >= 11 is 1.48. The molecule has 3 aromatic rings. The number of rotatable bonds is 4. The lowest BCUT2D eigenvalue weighted by molar-refractivity contribution is 0.398. The highest BCUT2D eigenvalue weighted by Crippen LogP contribution is 2.35. The number of thiazole rings is 1. The lowest BCUT2D eigenvalue weighted by Crippen LogP contribution is -1.93. The van der Waals surface area contributed by atoms with E-state index in [1.807, 2.05) is 18.5 Å². The Bertz CT molecular complexity index is 786. The fourth-order valence-corrected chi connectivity index (χ4v) is 2.86. The zero-order valence-corrected chi connectivity index (χ0v) is 12.9. The average Bonchev–Trinajstić information content (AvgIpc) is 3.04. The third-order valence-electron chi connectivity index (χ3n) is 3.24. The molecule has 0 aliphatic heterocycles. The largest absolute Gasteiger partial charge is 0.481 e. The Labute approximate surface area is 131 Å². The standard InChI is InChI=1S/C16H14FN3OS/c1-18-16-20-13(9-22-16)11-4-3-5-12(17)15(11)10-6-7-14(21-2)19-8-10/h3-9H,1-2H3,(H,18,20). The Balaban J connectivity index is 2.13. The molecule has 3 rings (SSSR count). The molecule has 0 saturated carbocycles. The van der Waals surface area contributed by atoms with Crippen LogP contribution in [0.4, 0.5) is 9.52 Å². The van der Waals surface area contributed by atoms with Crippen molar-refractivity contribution in [2.75, 3.05) is 19.5 Å². The van der Waals surface area contributed by atoms with Crippen LogP contribution in [0.15, 0.2) is 41.9 Å². The van der Waals surface area contributed by atoms with Crippen molar-refractivity contribution in [1.82, 2.24) is 9.97 Å². The summed E-state index contributed by atoms with van der Waals surface area (Å²) in [6, 6.07) is 8.49. The third-order valence-corrected chi connectivity index (χ3v) is 4.10. The number of benzene rings is 1. The average molecular weight is 315 g/mol. The van der Waals surface area contributed by atoms with Crippen LogP contribution in [-0.4, -0.2) is 24.1 Å². The van der Waals surface area contributed by atoms with E-state index in [9.17, 15) is 4.39 Å². The summed E-state index contributed by atoms with van der Waals surface area (Å²) in [4.78, 5) is 8.61. The van der Waals surface area contributed by atoms with Gasteiger partial charge in [0.15, 0.2) is 5.13 Å². The van der Waals surface area contributed by atoms with Crippen LogP contribution in [-0.2, 0) is 0 Å². The van der Waals surface area contributed by atoms with E-state index in [4.69, 9.17) is 4.74 Å². The van der Waals surface area contributed by atoms with Gasteiger partial charge in [-0.15, -0.1) is 11.3 Å². The quantitative estimate of drug-likeness (QED) is 0.788. The zero-order chi connectivity index (χ0) is 15.5. The van der Waals surface area contributed by atoms with Crippen molar-refractivity contribution in [2.24, 2.45) is 0 Å². The number of halogens is 1. The van der Waals surface area contributed by atoms with Crippen LogP contribution >= 0.6 is 11.3 Å². The van der Waals surface area contributed by atoms with E-state index in [1.165, 1.54) is 17.4 Å². The molecule has 0 fully saturated rings. The number of hydrogen-bond donors (Lipinski definition) is 1. The fraction of sp³-hybridized carbons (Fsp3) is 0.125. The van der Waals surface area contributed by atoms with E-state index >= 15 is 0 Å². The number of methoxy groups -OCH3 is 1. The molecular weight excluding hydrogens is 301 g/mol. The minimum atomic E-state index is -0.302. The molecule has 112 valence electrons. The normalized spacial score (nSPS) is 10.5. The molecule has 2 aromatic heterocycles. The number of anilines is 1. The SMILES string of the molecule is CNc1nc(-c2cccc(F)c2-c2ccc(OC)nc2)cs1. The highest BCUT2D eigenvalue weighted by Gasteiger charge is 2.15. The molecule has 0 saturated heterocycles. The van der Waals surface area contributed by atoms with Gasteiger partial charge in [0, 0.05) is 41.4 Å². The maximum atomic E-state index is 14.4. The Morgan fingerprint density at radius 1 is 1.23 bits per heavy atom. The van der Waals surface area contributed by atoms with Crippen LogP contribution in [0.5, 0.6) is 5.88 Å². The molecule has 0 unspecified atom stereocenters. The number of ether oxygens (including phenoxy) is 1. The molecule has 4 nitrogen and oxygen atoms in total. The predicted octanol–water partition coefficient (Wildman–Crippen LogP) is 4.06. The van der Waals surface area contributed by atoms with Crippen molar-refractivity contribution in [2.45, 2.75) is 0 Å². The van der Waals surface area contributed by atoms with Crippen LogP contribution in [0.3, 0.4) is 0 Å². The van der Waals surface area contributed by atoms with Gasteiger partial charge in [0.1, 0.15) is 5.82 Å². The van der Waals surface area contributed by atoms with Crippen LogP contribution in [0, 0.1) is 5.82 Å². The second kappa shape index (κ2) is 6.11. The summed E-state index contributed by atoms with van der Waals surface area (Å²) in [5, 5.41) is 5.68. The third kappa shape index (κ3) is 2.65. The Kier molecular flexibility index (Phi) is 4.02. The van der Waals surface area contributed by atoms with Crippen molar-refractivity contribution < 1.29 is 9.13 Å². The number of aromatic nitrogens is 2. The van der Waals surface area contributed by atoms with Crippen molar-refractivity contribution in [3.05, 3.63) is 47.7 Å². The first-order chi connectivity index (χ1) is 10.7. The van der Waals surface area contributed by atoms with Gasteiger partial charge in [-0.2, -0.15) is 0 Å². The first-order valence-electron chi connectivity index (χ1n) is 6.65. The van der Waals surface area contributed by atoms with Gasteiger partial charge in [-0.25, -0.2) is 14.4 Å². The number of pyridine rings is 1. The first kappa shape index (κ1) is 14.5. The monoisotopic (exact) mass is 315 g/mol. The lowest BCUT2D eigenvalue weighted by atomic mass is 9.99. The molecule has 0 aliphatic rings. The maximum Gasteiger partial charge on any atom is 0.212 e. The summed E-state index contributed by atoms with van der Waals surface area (Å²) < 4.78 is 19.4. The molecule has 0 atom stereocenters. The molecule has 0 amide bonds. The van der Waals surface area contributed by atoms with Gasteiger partial charge in [0.05, 0.1) is 12.8 Å². The van der Waals surface area contributed by atoms with Crippen molar-refractivity contribution in [1.29, 1.82) is 0 Å². The second-order valence-corrected chi connectivity index (χ2v) is 5.40. The molecule has 0 bridgehead atoms. The Hall–Kier alpha value is -2.47. The Morgan fingerprint density at radius 3 is 2.73 bits per heavy atom. The van der Waals surface area contributed by atoms with Crippen molar-refractivity contribution in [3.63, 3.8) is 0 Å². The number of hydrogen-bond acceptors (Lipinski definition) is 5. The highest BCUT2D eigenvalue weighted by molar-refractivity contribution is 7.14. The molecule has 6 heteroatoms. The molecule has 0 spiro atoms. The van der Waals surface area contributed by atoms with Gasteiger partial charge in [0.2, 0.25) is 5.88 Å². The van der Waals surface area contributed by atoms with Crippen molar-refractivity contribution >= 4 is 16.5 Å². The van der Waals surface area contributed by atoms with E-state index < -0.39 is 0 Å². The van der Waals surface area contributed by atoms with Gasteiger partial charge in [0.25, 0.3) is 0 Å². The number of nitrogens with one attached hydrogen (secondary N) is 1. The molecule has 0 radical (unpaired) electrons. The summed E-state index contributed by atoms with van der Waals surface area (Å²) in [6.07, 6.45) is 1.60. The van der Waals surface area contributed by atoms with Gasteiger partial charge in [-0.1, -0.05) is 12.1 Å². The Morgan fingerprint density at radius 2 is 2.09 bits per heavy atom. The molecule has 22 heavy (non-hydrogen) atoms. The fourth-order valence-electron chi connectivity index (χ4n) is 2.19. The van der Waals surface area contributed by atoms with Crippen LogP contribution < -0.4 is 10.1 Å². The van der Waals surface area contributed by atoms with Gasteiger partial charge >= 0.3 is 0 Å². The van der Waals surface area contributed by atoms with Gasteiger partial charge in [-0.05, 0) is 12.1 Å². The smallest absolute Gasteiger partial charge is 0.212 e. The predicted molar refractivity (Wildman–Crippen MR) is 86.8 cm³/mol. The highest BCUT2D eigenvalue weighted by atomic mass is 32.1. The lowest BCUT2D eigenvalue weighted by Gasteiger charge is -2.09. The first-order valence-corrected chi connectivity index (χ1v) is 7.53. The molecule has 1 N–H and O–H groups in total. The zero-order valence-electron chi connectivity index (χ0n) is 12.1. The maximum absolute atomic E-state index is 14.4. The molecule has 2 heterocycles. The van der Waals surface area contributed by atoms with E-state index in [-0.39, 0.29) is 5.82 Å². The number of nitrogens with zero attached hydrogens (tertiary/aromatic N) is 2. The topological polar surface area (TPSA) is 47.0 Å². The summed E-state index contributed by atoms with van der Waals surface area (Å²) in [5.41, 5.74) is 2.66. The molecule has 0 aliphatic carbocycles. The minimum Gasteiger partial charge on any atom is -0.481 e. The van der Waals surface area contributed by atoms with E-state index in [0.29, 0.717) is 17.0 Å². The second-order valence-electron chi connectivity index (χ2n) is 4.54. The van der Waals surface area contributed by atoms with E-state index in [1.54, 1.807) is 31.5 Å². The molecule has 1 aromatic carbocycles. The van der Waals surface area contributed by atoms with Crippen LogP contribution in [0.1, 0.15) is 0 Å². The molecular formula is C16H14FN3OS. The summed E-state index contributed by atoms with van der Waals surface area (Å²) in [5.74, 6) is 0.191. The summed E-state index contributed by atoms with van der Waals surface area (Å²) in [7, 11) is 3.35. The van der Waals surface area contributed by atoms with E-state index in [2.05, 4.69) is 15.3 Å².